The van der Waals surface area contributed by atoms with Gasteiger partial charge in [0, 0.05) is 12.6 Å². The molecule has 0 spiro atoms. The molecule has 0 radical (unpaired) electrons. The molecular formula is C28H45N3O5. The highest BCUT2D eigenvalue weighted by molar-refractivity contribution is 5.92. The van der Waals surface area contributed by atoms with Crippen molar-refractivity contribution >= 4 is 17.9 Å². The van der Waals surface area contributed by atoms with Gasteiger partial charge in [0.2, 0.25) is 11.8 Å². The first-order valence-electron chi connectivity index (χ1n) is 13.2. The van der Waals surface area contributed by atoms with Crippen LogP contribution in [0.15, 0.2) is 18.2 Å². The number of ether oxygens (including phenoxy) is 1. The van der Waals surface area contributed by atoms with E-state index < -0.39 is 36.3 Å². The molecule has 2 unspecified atom stereocenters. The van der Waals surface area contributed by atoms with Gasteiger partial charge in [-0.3, -0.25) is 9.59 Å². The quantitative estimate of drug-likeness (QED) is 0.441. The lowest BCUT2D eigenvalue weighted by atomic mass is 9.93. The first-order chi connectivity index (χ1) is 17.0. The standard InChI is InChI=1S/C28H45N3O5/c1-7-8-16-31(26(34)23(18-32)30-27(35)36-28(4,5)6)24(22-15-14-19(2)17-20(22)3)25(33)29-21-12-10-9-11-13-21/h14-15,17,21,23-24,32H,7-13,16,18H2,1-6H3,(H,29,33)(H,30,35). The molecule has 1 aliphatic carbocycles. The fourth-order valence-corrected chi connectivity index (χ4v) is 4.64. The van der Waals surface area contributed by atoms with Gasteiger partial charge in [-0.2, -0.15) is 0 Å². The third kappa shape index (κ3) is 8.80. The number of carbonyl (C=O) groups is 3. The highest BCUT2D eigenvalue weighted by atomic mass is 16.6. The second-order valence-electron chi connectivity index (χ2n) is 10.9. The Labute approximate surface area is 216 Å². The summed E-state index contributed by atoms with van der Waals surface area (Å²) in [6.07, 6.45) is 5.86. The van der Waals surface area contributed by atoms with Crippen molar-refractivity contribution in [3.63, 3.8) is 0 Å². The topological polar surface area (TPSA) is 108 Å². The Balaban J connectivity index is 2.43. The lowest BCUT2D eigenvalue weighted by molar-refractivity contribution is -0.143. The Morgan fingerprint density at radius 2 is 1.81 bits per heavy atom. The molecule has 0 bridgehead atoms. The maximum absolute atomic E-state index is 13.8. The van der Waals surface area contributed by atoms with Crippen molar-refractivity contribution in [3.05, 3.63) is 34.9 Å². The number of benzene rings is 1. The number of amides is 3. The molecule has 3 N–H and O–H groups in total. The number of hydrogen-bond acceptors (Lipinski definition) is 5. The maximum Gasteiger partial charge on any atom is 0.408 e. The number of aliphatic hydroxyl groups is 1. The monoisotopic (exact) mass is 503 g/mol. The Morgan fingerprint density at radius 1 is 1.14 bits per heavy atom. The maximum atomic E-state index is 13.8. The van der Waals surface area contributed by atoms with E-state index in [0.717, 1.165) is 48.8 Å². The number of rotatable bonds is 10. The van der Waals surface area contributed by atoms with E-state index in [1.165, 1.54) is 11.3 Å². The van der Waals surface area contributed by atoms with Gasteiger partial charge in [0.25, 0.3) is 0 Å². The van der Waals surface area contributed by atoms with Gasteiger partial charge in [0.1, 0.15) is 17.7 Å². The first kappa shape index (κ1) is 29.6. The largest absolute Gasteiger partial charge is 0.444 e. The van der Waals surface area contributed by atoms with Crippen LogP contribution in [0.5, 0.6) is 0 Å². The second-order valence-corrected chi connectivity index (χ2v) is 10.9. The molecule has 0 saturated heterocycles. The van der Waals surface area contributed by atoms with Crippen LogP contribution in [0, 0.1) is 13.8 Å². The van der Waals surface area contributed by atoms with E-state index in [4.69, 9.17) is 4.74 Å². The van der Waals surface area contributed by atoms with Crippen LogP contribution in [0.1, 0.15) is 95.4 Å². The summed E-state index contributed by atoms with van der Waals surface area (Å²) in [6, 6.07) is 3.82. The molecular weight excluding hydrogens is 458 g/mol. The number of aryl methyl sites for hydroxylation is 2. The van der Waals surface area contributed by atoms with Crippen LogP contribution >= 0.6 is 0 Å². The van der Waals surface area contributed by atoms with Crippen LogP contribution in [-0.4, -0.2) is 58.8 Å². The Bertz CT molecular complexity index is 890. The molecule has 1 aliphatic rings. The van der Waals surface area contributed by atoms with Crippen molar-refractivity contribution in [2.75, 3.05) is 13.2 Å². The summed E-state index contributed by atoms with van der Waals surface area (Å²) in [5, 5.41) is 15.7. The van der Waals surface area contributed by atoms with Gasteiger partial charge < -0.3 is 25.4 Å². The highest BCUT2D eigenvalue weighted by Gasteiger charge is 2.37. The summed E-state index contributed by atoms with van der Waals surface area (Å²) < 4.78 is 5.30. The molecule has 202 valence electrons. The number of hydrogen-bond donors (Lipinski definition) is 3. The van der Waals surface area contributed by atoms with E-state index in [1.54, 1.807) is 20.8 Å². The molecule has 1 saturated carbocycles. The lowest BCUT2D eigenvalue weighted by Gasteiger charge is -2.36. The van der Waals surface area contributed by atoms with Gasteiger partial charge in [-0.05, 0) is 65.0 Å². The minimum atomic E-state index is -1.23. The van der Waals surface area contributed by atoms with Crippen LogP contribution < -0.4 is 10.6 Å². The van der Waals surface area contributed by atoms with Gasteiger partial charge in [0.05, 0.1) is 6.61 Å². The molecule has 8 nitrogen and oxygen atoms in total. The van der Waals surface area contributed by atoms with Crippen molar-refractivity contribution in [1.29, 1.82) is 0 Å². The third-order valence-electron chi connectivity index (χ3n) is 6.44. The van der Waals surface area contributed by atoms with Crippen molar-refractivity contribution in [2.24, 2.45) is 0 Å². The van der Waals surface area contributed by atoms with Crippen LogP contribution in [0.3, 0.4) is 0 Å². The molecule has 2 rings (SSSR count). The molecule has 1 aromatic rings. The van der Waals surface area contributed by atoms with Gasteiger partial charge in [-0.25, -0.2) is 4.79 Å². The zero-order valence-corrected chi connectivity index (χ0v) is 22.9. The number of nitrogens with one attached hydrogen (secondary N) is 2. The molecule has 1 fully saturated rings. The minimum Gasteiger partial charge on any atom is -0.444 e. The van der Waals surface area contributed by atoms with Crippen molar-refractivity contribution in [1.82, 2.24) is 15.5 Å². The average molecular weight is 504 g/mol. The zero-order valence-electron chi connectivity index (χ0n) is 22.9. The Morgan fingerprint density at radius 3 is 2.36 bits per heavy atom. The van der Waals surface area contributed by atoms with Crippen LogP contribution in [0.2, 0.25) is 0 Å². The van der Waals surface area contributed by atoms with Crippen LogP contribution in [-0.2, 0) is 14.3 Å². The molecule has 3 amide bonds. The second kappa shape index (κ2) is 13.6. The SMILES string of the molecule is CCCCN(C(=O)C(CO)NC(=O)OC(C)(C)C)C(C(=O)NC1CCCCC1)c1ccc(C)cc1C. The molecule has 0 aliphatic heterocycles. The number of unbranched alkanes of at least 4 members (excludes halogenated alkanes) is 1. The molecule has 1 aromatic carbocycles. The molecule has 0 heterocycles. The summed E-state index contributed by atoms with van der Waals surface area (Å²) in [5.74, 6) is -0.743. The van der Waals surface area contributed by atoms with Gasteiger partial charge >= 0.3 is 6.09 Å². The van der Waals surface area contributed by atoms with Crippen LogP contribution in [0.4, 0.5) is 4.79 Å². The summed E-state index contributed by atoms with van der Waals surface area (Å²) >= 11 is 0. The summed E-state index contributed by atoms with van der Waals surface area (Å²) in [5.41, 5.74) is 1.96. The van der Waals surface area contributed by atoms with E-state index in [9.17, 15) is 19.5 Å². The molecule has 36 heavy (non-hydrogen) atoms. The van der Waals surface area contributed by atoms with Crippen molar-refractivity contribution in [3.8, 4) is 0 Å². The van der Waals surface area contributed by atoms with Gasteiger partial charge in [-0.1, -0.05) is 56.4 Å². The summed E-state index contributed by atoms with van der Waals surface area (Å²) in [6.45, 7) is 10.8. The average Bonchev–Trinajstić information content (AvgIpc) is 2.80. The zero-order chi connectivity index (χ0) is 26.9. The Hall–Kier alpha value is -2.61. The number of aliphatic hydroxyl groups excluding tert-OH is 1. The van der Waals surface area contributed by atoms with Gasteiger partial charge in [0.15, 0.2) is 0 Å². The van der Waals surface area contributed by atoms with Crippen molar-refractivity contribution in [2.45, 2.75) is 110 Å². The number of alkyl carbamates (subject to hydrolysis) is 1. The van der Waals surface area contributed by atoms with E-state index >= 15 is 0 Å². The molecule has 2 atom stereocenters. The fourth-order valence-electron chi connectivity index (χ4n) is 4.64. The van der Waals surface area contributed by atoms with Crippen molar-refractivity contribution < 1.29 is 24.2 Å². The lowest BCUT2D eigenvalue weighted by Crippen LogP contribution is -2.55. The predicted molar refractivity (Wildman–Crippen MR) is 141 cm³/mol. The highest BCUT2D eigenvalue weighted by Crippen LogP contribution is 2.28. The predicted octanol–water partition coefficient (Wildman–Crippen LogP) is 4.31. The van der Waals surface area contributed by atoms with E-state index in [2.05, 4.69) is 10.6 Å². The number of nitrogens with zero attached hydrogens (tertiary/aromatic N) is 1. The van der Waals surface area contributed by atoms with Gasteiger partial charge in [-0.15, -0.1) is 0 Å². The molecule has 0 aromatic heterocycles. The minimum absolute atomic E-state index is 0.0798. The molecule has 8 heteroatoms. The fraction of sp³-hybridized carbons (Fsp3) is 0.679. The van der Waals surface area contributed by atoms with Crippen LogP contribution in [0.25, 0.3) is 0 Å². The van der Waals surface area contributed by atoms with E-state index in [-0.39, 0.29) is 11.9 Å². The third-order valence-corrected chi connectivity index (χ3v) is 6.44. The van der Waals surface area contributed by atoms with E-state index in [0.29, 0.717) is 13.0 Å². The first-order valence-corrected chi connectivity index (χ1v) is 13.2. The van der Waals surface area contributed by atoms with E-state index in [1.807, 2.05) is 39.0 Å². The number of carbonyl (C=O) groups excluding carboxylic acids is 3. The normalized spacial score (nSPS) is 16.1. The summed E-state index contributed by atoms with van der Waals surface area (Å²) in [4.78, 5) is 41.5. The summed E-state index contributed by atoms with van der Waals surface area (Å²) in [7, 11) is 0. The Kier molecular flexibility index (Phi) is 11.2. The smallest absolute Gasteiger partial charge is 0.408 e.